The number of aromatic amines is 1. The molecule has 0 amide bonds. The van der Waals surface area contributed by atoms with Gasteiger partial charge < -0.3 is 9.55 Å². The highest BCUT2D eigenvalue weighted by Crippen LogP contribution is 2.73. The van der Waals surface area contributed by atoms with Crippen LogP contribution in [-0.2, 0) is 10.3 Å². The van der Waals surface area contributed by atoms with Gasteiger partial charge >= 0.3 is 0 Å². The van der Waals surface area contributed by atoms with Crippen LogP contribution in [-0.4, -0.2) is 25.3 Å². The largest absolute Gasteiger partial charge is 0.346 e. The molecule has 0 radical (unpaired) electrons. The molecule has 6 rings (SSSR count). The van der Waals surface area contributed by atoms with Crippen molar-refractivity contribution < 1.29 is 4.79 Å². The molecule has 5 heteroatoms. The molecular weight excluding hydrogens is 312 g/mol. The standard InChI is InChI=1S/C20H24N4O/c1-13(2)3-4-14(25)7-19-9-20(10-19,11-19)24-12-23-16-8-22-18-15(17(16)24)5-6-21-18/h5-6,8,12-13H,3-4,7,9-11H2,1-2H3,(H,21,22). The fourth-order valence-corrected chi connectivity index (χ4v) is 5.21. The monoisotopic (exact) mass is 336 g/mol. The maximum atomic E-state index is 12.3. The third kappa shape index (κ3) is 2.11. The molecule has 3 aliphatic carbocycles. The first kappa shape index (κ1) is 15.1. The maximum Gasteiger partial charge on any atom is 0.139 e. The van der Waals surface area contributed by atoms with Gasteiger partial charge in [-0.05, 0) is 43.1 Å². The van der Waals surface area contributed by atoms with Crippen molar-refractivity contribution in [2.45, 2.75) is 57.9 Å². The Kier molecular flexibility index (Phi) is 2.98. The summed E-state index contributed by atoms with van der Waals surface area (Å²) in [7, 11) is 0. The molecule has 0 spiro atoms. The van der Waals surface area contributed by atoms with Gasteiger partial charge in [-0.1, -0.05) is 13.8 Å². The van der Waals surface area contributed by atoms with E-state index in [2.05, 4.69) is 39.4 Å². The van der Waals surface area contributed by atoms with Gasteiger partial charge in [0, 0.05) is 30.0 Å². The Bertz CT molecular complexity index is 960. The van der Waals surface area contributed by atoms with Gasteiger partial charge in [-0.3, -0.25) is 4.79 Å². The van der Waals surface area contributed by atoms with Crippen molar-refractivity contribution >= 4 is 27.9 Å². The average Bonchev–Trinajstić information content (AvgIpc) is 3.12. The van der Waals surface area contributed by atoms with E-state index in [0.717, 1.165) is 55.1 Å². The molecular formula is C20H24N4O. The van der Waals surface area contributed by atoms with E-state index in [1.54, 1.807) is 0 Å². The molecule has 5 nitrogen and oxygen atoms in total. The Morgan fingerprint density at radius 3 is 2.88 bits per heavy atom. The minimum Gasteiger partial charge on any atom is -0.346 e. The summed E-state index contributed by atoms with van der Waals surface area (Å²) in [5.41, 5.74) is 3.51. The number of rotatable bonds is 6. The van der Waals surface area contributed by atoms with Crippen LogP contribution >= 0.6 is 0 Å². The predicted octanol–water partition coefficient (Wildman–Crippen LogP) is 4.19. The van der Waals surface area contributed by atoms with Crippen LogP contribution in [0, 0.1) is 11.3 Å². The summed E-state index contributed by atoms with van der Waals surface area (Å²) < 4.78 is 2.36. The first-order valence-corrected chi connectivity index (χ1v) is 9.32. The van der Waals surface area contributed by atoms with E-state index in [0.29, 0.717) is 11.7 Å². The van der Waals surface area contributed by atoms with Crippen molar-refractivity contribution in [3.63, 3.8) is 0 Å². The van der Waals surface area contributed by atoms with Gasteiger partial charge in [-0.25, -0.2) is 9.97 Å². The number of pyridine rings is 1. The van der Waals surface area contributed by atoms with Gasteiger partial charge in [-0.15, -0.1) is 0 Å². The minimum atomic E-state index is 0.179. The molecule has 3 fully saturated rings. The lowest BCUT2D eigenvalue weighted by molar-refractivity contribution is -0.190. The zero-order valence-corrected chi connectivity index (χ0v) is 14.9. The fraction of sp³-hybridized carbons (Fsp3) is 0.550. The number of hydrogen-bond acceptors (Lipinski definition) is 3. The van der Waals surface area contributed by atoms with Gasteiger partial charge in [0.25, 0.3) is 0 Å². The normalized spacial score (nSPS) is 27.6. The van der Waals surface area contributed by atoms with Crippen LogP contribution in [0.3, 0.4) is 0 Å². The van der Waals surface area contributed by atoms with E-state index in [9.17, 15) is 4.79 Å². The van der Waals surface area contributed by atoms with E-state index in [1.807, 2.05) is 18.7 Å². The molecule has 3 aliphatic rings. The SMILES string of the molecule is CC(C)CCC(=O)CC12CC(n3cnc4cnc5[nH]ccc5c43)(C1)C2. The molecule has 3 heterocycles. The fourth-order valence-electron chi connectivity index (χ4n) is 5.21. The van der Waals surface area contributed by atoms with E-state index in [-0.39, 0.29) is 11.0 Å². The van der Waals surface area contributed by atoms with Crippen molar-refractivity contribution in [2.75, 3.05) is 0 Å². The third-order valence-corrected chi connectivity index (χ3v) is 6.29. The summed E-state index contributed by atoms with van der Waals surface area (Å²) in [5.74, 6) is 1.06. The molecule has 0 aromatic carbocycles. The van der Waals surface area contributed by atoms with E-state index < -0.39 is 0 Å². The number of Topliss-reactive ketones (excluding diaryl/α,β-unsaturated/α-hetero) is 1. The molecule has 130 valence electrons. The number of fused-ring (bicyclic) bond motifs is 3. The highest BCUT2D eigenvalue weighted by atomic mass is 16.1. The van der Waals surface area contributed by atoms with Crippen molar-refractivity contribution in [3.05, 3.63) is 24.8 Å². The Balaban J connectivity index is 1.37. The van der Waals surface area contributed by atoms with Crippen LogP contribution in [0.4, 0.5) is 0 Å². The summed E-state index contributed by atoms with van der Waals surface area (Å²) >= 11 is 0. The van der Waals surface area contributed by atoms with Crippen LogP contribution in [0.15, 0.2) is 24.8 Å². The molecule has 3 aromatic rings. The van der Waals surface area contributed by atoms with Gasteiger partial charge in [0.2, 0.25) is 0 Å². The summed E-state index contributed by atoms with van der Waals surface area (Å²) in [4.78, 5) is 24.5. The predicted molar refractivity (Wildman–Crippen MR) is 97.3 cm³/mol. The van der Waals surface area contributed by atoms with Gasteiger partial charge in [-0.2, -0.15) is 0 Å². The number of imidazole rings is 1. The Morgan fingerprint density at radius 2 is 2.12 bits per heavy atom. The molecule has 1 N–H and O–H groups in total. The molecule has 0 saturated heterocycles. The summed E-state index contributed by atoms with van der Waals surface area (Å²) in [6.07, 6.45) is 11.7. The first-order chi connectivity index (χ1) is 12.0. The Hall–Kier alpha value is -2.17. The quantitative estimate of drug-likeness (QED) is 0.734. The highest BCUT2D eigenvalue weighted by Gasteiger charge is 2.69. The van der Waals surface area contributed by atoms with Crippen LogP contribution in [0.2, 0.25) is 0 Å². The van der Waals surface area contributed by atoms with Gasteiger partial charge in [0.05, 0.1) is 18.0 Å². The van der Waals surface area contributed by atoms with Gasteiger partial charge in [0.15, 0.2) is 0 Å². The second-order valence-corrected chi connectivity index (χ2v) is 8.75. The number of nitrogens with zero attached hydrogens (tertiary/aromatic N) is 3. The number of hydrogen-bond donors (Lipinski definition) is 1. The lowest BCUT2D eigenvalue weighted by Crippen LogP contribution is -2.67. The third-order valence-electron chi connectivity index (χ3n) is 6.29. The zero-order valence-electron chi connectivity index (χ0n) is 14.9. The maximum absolute atomic E-state index is 12.3. The molecule has 3 aromatic heterocycles. The van der Waals surface area contributed by atoms with Crippen LogP contribution in [0.5, 0.6) is 0 Å². The highest BCUT2D eigenvalue weighted by molar-refractivity contribution is 6.01. The van der Waals surface area contributed by atoms with Crippen molar-refractivity contribution in [2.24, 2.45) is 11.3 Å². The van der Waals surface area contributed by atoms with Crippen LogP contribution in [0.25, 0.3) is 22.1 Å². The Labute approximate surface area is 146 Å². The number of aromatic nitrogens is 4. The average molecular weight is 336 g/mol. The minimum absolute atomic E-state index is 0.179. The summed E-state index contributed by atoms with van der Waals surface area (Å²) in [6, 6.07) is 2.08. The first-order valence-electron chi connectivity index (χ1n) is 9.32. The molecule has 0 aliphatic heterocycles. The molecule has 2 bridgehead atoms. The van der Waals surface area contributed by atoms with Crippen LogP contribution < -0.4 is 0 Å². The van der Waals surface area contributed by atoms with Crippen LogP contribution in [0.1, 0.15) is 52.4 Å². The summed E-state index contributed by atoms with van der Waals surface area (Å²) in [6.45, 7) is 4.37. The number of carbonyl (C=O) groups is 1. The molecule has 25 heavy (non-hydrogen) atoms. The molecule has 3 saturated carbocycles. The Morgan fingerprint density at radius 1 is 1.32 bits per heavy atom. The van der Waals surface area contributed by atoms with Gasteiger partial charge in [0.1, 0.15) is 16.9 Å². The van der Waals surface area contributed by atoms with Crippen molar-refractivity contribution in [1.82, 2.24) is 19.5 Å². The zero-order chi connectivity index (χ0) is 17.2. The van der Waals surface area contributed by atoms with E-state index in [1.165, 1.54) is 5.52 Å². The van der Waals surface area contributed by atoms with E-state index >= 15 is 0 Å². The molecule has 0 atom stereocenters. The number of ketones is 1. The summed E-state index contributed by atoms with van der Waals surface area (Å²) in [5, 5.41) is 1.14. The smallest absolute Gasteiger partial charge is 0.139 e. The lowest BCUT2D eigenvalue weighted by atomic mass is 9.38. The number of nitrogens with one attached hydrogen (secondary N) is 1. The second kappa shape index (κ2) is 4.93. The second-order valence-electron chi connectivity index (χ2n) is 8.75. The molecule has 0 unspecified atom stereocenters. The number of H-pyrrole nitrogens is 1. The number of carbonyl (C=O) groups excluding carboxylic acids is 1. The lowest BCUT2D eigenvalue weighted by Gasteiger charge is -2.71. The van der Waals surface area contributed by atoms with Crippen molar-refractivity contribution in [3.8, 4) is 0 Å². The van der Waals surface area contributed by atoms with E-state index in [4.69, 9.17) is 0 Å². The van der Waals surface area contributed by atoms with Crippen molar-refractivity contribution in [1.29, 1.82) is 0 Å². The topological polar surface area (TPSA) is 63.6 Å².